The van der Waals surface area contributed by atoms with Crippen LogP contribution in [0.4, 0.5) is 18.9 Å². The topological polar surface area (TPSA) is 29.1 Å². The summed E-state index contributed by atoms with van der Waals surface area (Å²) in [5.41, 5.74) is -1.01. The third kappa shape index (κ3) is 4.60. The Labute approximate surface area is 108 Å². The van der Waals surface area contributed by atoms with Crippen LogP contribution in [0.25, 0.3) is 0 Å². The molecule has 1 aromatic carbocycles. The maximum atomic E-state index is 12.6. The average molecular weight is 277 g/mol. The molecule has 0 radical (unpaired) electrons. The van der Waals surface area contributed by atoms with Gasteiger partial charge < -0.3 is 5.32 Å². The first kappa shape index (κ1) is 14.9. The number of thioether (sulfide) groups is 1. The fraction of sp³-hybridized carbons (Fsp3) is 0.417. The molecule has 0 unspecified atom stereocenters. The van der Waals surface area contributed by atoms with Gasteiger partial charge in [-0.2, -0.15) is 24.9 Å². The molecule has 0 aliphatic rings. The van der Waals surface area contributed by atoms with E-state index in [2.05, 4.69) is 5.32 Å². The highest BCUT2D eigenvalue weighted by atomic mass is 32.2. The van der Waals surface area contributed by atoms with E-state index in [0.717, 1.165) is 18.2 Å². The highest BCUT2D eigenvalue weighted by Gasteiger charge is 2.33. The third-order valence-corrected chi connectivity index (χ3v) is 3.25. The van der Waals surface area contributed by atoms with Crippen molar-refractivity contribution in [2.24, 2.45) is 0 Å². The Kier molecular flexibility index (Phi) is 5.53. The van der Waals surface area contributed by atoms with Gasteiger partial charge in [-0.05, 0) is 24.3 Å². The maximum Gasteiger partial charge on any atom is 0.418 e. The molecule has 0 spiro atoms. The lowest BCUT2D eigenvalue weighted by Gasteiger charge is -2.13. The SMILES string of the molecule is CCCSCC(=O)Nc1ccccc1C(F)(F)F. The standard InChI is InChI=1S/C12H14F3NOS/c1-2-7-18-8-11(17)16-10-6-4-3-5-9(10)12(13,14)15/h3-6H,2,7-8H2,1H3,(H,16,17). The quantitative estimate of drug-likeness (QED) is 0.830. The summed E-state index contributed by atoms with van der Waals surface area (Å²) in [6, 6.07) is 4.97. The van der Waals surface area contributed by atoms with Gasteiger partial charge in [-0.3, -0.25) is 4.79 Å². The van der Waals surface area contributed by atoms with Crippen LogP contribution in [0.3, 0.4) is 0 Å². The number of para-hydroxylation sites is 1. The summed E-state index contributed by atoms with van der Waals surface area (Å²) >= 11 is 1.40. The van der Waals surface area contributed by atoms with Crippen LogP contribution in [0.5, 0.6) is 0 Å². The molecular formula is C12H14F3NOS. The van der Waals surface area contributed by atoms with E-state index >= 15 is 0 Å². The van der Waals surface area contributed by atoms with Crippen molar-refractivity contribution in [3.8, 4) is 0 Å². The van der Waals surface area contributed by atoms with Gasteiger partial charge in [0.1, 0.15) is 0 Å². The Morgan fingerprint density at radius 1 is 1.33 bits per heavy atom. The summed E-state index contributed by atoms with van der Waals surface area (Å²) in [4.78, 5) is 11.5. The number of nitrogens with one attached hydrogen (secondary N) is 1. The highest BCUT2D eigenvalue weighted by Crippen LogP contribution is 2.34. The van der Waals surface area contributed by atoms with E-state index < -0.39 is 17.6 Å². The summed E-state index contributed by atoms with van der Waals surface area (Å²) in [6.45, 7) is 1.98. The number of halogens is 3. The fourth-order valence-electron chi connectivity index (χ4n) is 1.33. The van der Waals surface area contributed by atoms with E-state index in [1.807, 2.05) is 6.92 Å². The van der Waals surface area contributed by atoms with Crippen LogP contribution in [0.15, 0.2) is 24.3 Å². The molecule has 0 fully saturated rings. The minimum Gasteiger partial charge on any atom is -0.325 e. The number of alkyl halides is 3. The third-order valence-electron chi connectivity index (χ3n) is 2.09. The first-order chi connectivity index (χ1) is 8.45. The van der Waals surface area contributed by atoms with Gasteiger partial charge in [0.05, 0.1) is 17.0 Å². The lowest BCUT2D eigenvalue weighted by Crippen LogP contribution is -2.18. The molecule has 1 N–H and O–H groups in total. The van der Waals surface area contributed by atoms with Crippen molar-refractivity contribution in [3.63, 3.8) is 0 Å². The van der Waals surface area contributed by atoms with Gasteiger partial charge >= 0.3 is 6.18 Å². The molecule has 1 amide bonds. The van der Waals surface area contributed by atoms with Crippen LogP contribution < -0.4 is 5.32 Å². The van der Waals surface area contributed by atoms with Crippen LogP contribution >= 0.6 is 11.8 Å². The fourth-order valence-corrected chi connectivity index (χ4v) is 2.03. The second-order valence-electron chi connectivity index (χ2n) is 3.64. The maximum absolute atomic E-state index is 12.6. The molecule has 0 bridgehead atoms. The zero-order chi connectivity index (χ0) is 13.6. The van der Waals surface area contributed by atoms with E-state index in [0.29, 0.717) is 0 Å². The lowest BCUT2D eigenvalue weighted by molar-refractivity contribution is -0.137. The highest BCUT2D eigenvalue weighted by molar-refractivity contribution is 7.99. The molecule has 2 nitrogen and oxygen atoms in total. The molecule has 0 atom stereocenters. The van der Waals surface area contributed by atoms with Crippen LogP contribution in [0.1, 0.15) is 18.9 Å². The van der Waals surface area contributed by atoms with Crippen LogP contribution in [-0.4, -0.2) is 17.4 Å². The summed E-state index contributed by atoms with van der Waals surface area (Å²) in [5, 5.41) is 2.30. The van der Waals surface area contributed by atoms with Gasteiger partial charge in [-0.25, -0.2) is 0 Å². The first-order valence-electron chi connectivity index (χ1n) is 5.49. The van der Waals surface area contributed by atoms with E-state index in [1.165, 1.54) is 30.0 Å². The zero-order valence-corrected chi connectivity index (χ0v) is 10.7. The number of carbonyl (C=O) groups excluding carboxylic acids is 1. The van der Waals surface area contributed by atoms with Gasteiger partial charge in [-0.1, -0.05) is 19.1 Å². The Morgan fingerprint density at radius 3 is 2.61 bits per heavy atom. The molecule has 0 aliphatic heterocycles. The van der Waals surface area contributed by atoms with E-state index in [9.17, 15) is 18.0 Å². The number of amides is 1. The molecule has 0 aromatic heterocycles. The zero-order valence-electron chi connectivity index (χ0n) is 9.88. The molecule has 18 heavy (non-hydrogen) atoms. The minimum absolute atomic E-state index is 0.167. The Bertz CT molecular complexity index is 407. The number of hydrogen-bond acceptors (Lipinski definition) is 2. The average Bonchev–Trinajstić information content (AvgIpc) is 2.28. The molecule has 0 saturated carbocycles. The monoisotopic (exact) mass is 277 g/mol. The number of rotatable bonds is 5. The van der Waals surface area contributed by atoms with Crippen molar-refractivity contribution in [2.45, 2.75) is 19.5 Å². The smallest absolute Gasteiger partial charge is 0.325 e. The molecule has 0 saturated heterocycles. The summed E-state index contributed by atoms with van der Waals surface area (Å²) in [7, 11) is 0. The predicted octanol–water partition coefficient (Wildman–Crippen LogP) is 3.79. The Balaban J connectivity index is 2.70. The van der Waals surface area contributed by atoms with Crippen LogP contribution in [0, 0.1) is 0 Å². The lowest BCUT2D eigenvalue weighted by atomic mass is 10.1. The summed E-state index contributed by atoms with van der Waals surface area (Å²) in [6.07, 6.45) is -3.53. The minimum atomic E-state index is -4.46. The molecule has 6 heteroatoms. The Morgan fingerprint density at radius 2 is 2.00 bits per heavy atom. The van der Waals surface area contributed by atoms with Crippen molar-refractivity contribution in [2.75, 3.05) is 16.8 Å². The van der Waals surface area contributed by atoms with Gasteiger partial charge in [0.15, 0.2) is 0 Å². The van der Waals surface area contributed by atoms with E-state index in [-0.39, 0.29) is 11.4 Å². The van der Waals surface area contributed by atoms with E-state index in [4.69, 9.17) is 0 Å². The number of carbonyl (C=O) groups is 1. The van der Waals surface area contributed by atoms with E-state index in [1.54, 1.807) is 0 Å². The molecule has 0 heterocycles. The Hall–Kier alpha value is -1.17. The largest absolute Gasteiger partial charge is 0.418 e. The molecule has 1 aromatic rings. The van der Waals surface area contributed by atoms with Gasteiger partial charge in [-0.15, -0.1) is 0 Å². The summed E-state index contributed by atoms with van der Waals surface area (Å²) in [5.74, 6) is 0.569. The number of benzene rings is 1. The number of hydrogen-bond donors (Lipinski definition) is 1. The van der Waals surface area contributed by atoms with Gasteiger partial charge in [0, 0.05) is 0 Å². The molecule has 0 aliphatic carbocycles. The molecular weight excluding hydrogens is 263 g/mol. The summed E-state index contributed by atoms with van der Waals surface area (Å²) < 4.78 is 37.9. The van der Waals surface area contributed by atoms with Crippen LogP contribution in [-0.2, 0) is 11.0 Å². The van der Waals surface area contributed by atoms with Crippen molar-refractivity contribution in [1.82, 2.24) is 0 Å². The van der Waals surface area contributed by atoms with Crippen molar-refractivity contribution in [3.05, 3.63) is 29.8 Å². The predicted molar refractivity (Wildman–Crippen MR) is 67.7 cm³/mol. The first-order valence-corrected chi connectivity index (χ1v) is 6.64. The van der Waals surface area contributed by atoms with Crippen molar-refractivity contribution >= 4 is 23.4 Å². The van der Waals surface area contributed by atoms with Crippen molar-refractivity contribution in [1.29, 1.82) is 0 Å². The second-order valence-corrected chi connectivity index (χ2v) is 4.75. The molecule has 100 valence electrons. The van der Waals surface area contributed by atoms with Crippen LogP contribution in [0.2, 0.25) is 0 Å². The molecule has 1 rings (SSSR count). The number of anilines is 1. The second kappa shape index (κ2) is 6.68. The van der Waals surface area contributed by atoms with Gasteiger partial charge in [0.25, 0.3) is 0 Å². The van der Waals surface area contributed by atoms with Gasteiger partial charge in [0.2, 0.25) is 5.91 Å². The normalized spacial score (nSPS) is 11.3. The van der Waals surface area contributed by atoms with Crippen molar-refractivity contribution < 1.29 is 18.0 Å².